The van der Waals surface area contributed by atoms with Gasteiger partial charge in [0.1, 0.15) is 11.4 Å². The van der Waals surface area contributed by atoms with Crippen LogP contribution in [0.5, 0.6) is 0 Å². The molecule has 0 spiro atoms. The smallest absolute Gasteiger partial charge is 0.341 e. The summed E-state index contributed by atoms with van der Waals surface area (Å²) in [7, 11) is 0. The van der Waals surface area contributed by atoms with Gasteiger partial charge in [-0.15, -0.1) is 0 Å². The number of aromatic nitrogens is 1. The van der Waals surface area contributed by atoms with Crippen molar-refractivity contribution in [2.24, 2.45) is 0 Å². The minimum atomic E-state index is -1.27. The zero-order valence-electron chi connectivity index (χ0n) is 10.6. The standard InChI is InChI=1S/C14H11BrFNO3/c1-8-2-13(18)12(14(19)20)7-17(8)6-9-3-10(15)5-11(16)4-9/h2-5,7H,6H2,1H3,(H,19,20). The first-order valence-electron chi connectivity index (χ1n) is 5.76. The molecule has 0 aliphatic rings. The van der Waals surface area contributed by atoms with E-state index in [9.17, 15) is 14.0 Å². The molecule has 0 unspecified atom stereocenters. The summed E-state index contributed by atoms with van der Waals surface area (Å²) in [5.41, 5.74) is 0.443. The number of aromatic carboxylic acids is 1. The molecule has 0 atom stereocenters. The van der Waals surface area contributed by atoms with E-state index < -0.39 is 11.4 Å². The monoisotopic (exact) mass is 339 g/mol. The first-order valence-corrected chi connectivity index (χ1v) is 6.55. The lowest BCUT2D eigenvalue weighted by Crippen LogP contribution is -2.19. The lowest BCUT2D eigenvalue weighted by atomic mass is 10.2. The van der Waals surface area contributed by atoms with Crippen molar-refractivity contribution in [2.45, 2.75) is 13.5 Å². The van der Waals surface area contributed by atoms with Crippen LogP contribution >= 0.6 is 15.9 Å². The quantitative estimate of drug-likeness (QED) is 0.935. The number of carboxylic acids is 1. The Hall–Kier alpha value is -1.95. The Morgan fingerprint density at radius 2 is 2.05 bits per heavy atom. The Morgan fingerprint density at radius 1 is 1.35 bits per heavy atom. The number of hydrogen-bond donors (Lipinski definition) is 1. The number of rotatable bonds is 3. The molecular weight excluding hydrogens is 329 g/mol. The Morgan fingerprint density at radius 3 is 2.65 bits per heavy atom. The van der Waals surface area contributed by atoms with Gasteiger partial charge in [0.25, 0.3) is 0 Å². The maximum absolute atomic E-state index is 13.3. The topological polar surface area (TPSA) is 59.3 Å². The number of nitrogens with zero attached hydrogens (tertiary/aromatic N) is 1. The van der Waals surface area contributed by atoms with Gasteiger partial charge in [-0.3, -0.25) is 4.79 Å². The van der Waals surface area contributed by atoms with E-state index in [0.717, 1.165) is 0 Å². The van der Waals surface area contributed by atoms with Crippen molar-refractivity contribution in [1.29, 1.82) is 0 Å². The van der Waals surface area contributed by atoms with Crippen molar-refractivity contribution in [2.75, 3.05) is 0 Å². The highest BCUT2D eigenvalue weighted by molar-refractivity contribution is 9.10. The van der Waals surface area contributed by atoms with E-state index in [-0.39, 0.29) is 17.9 Å². The minimum absolute atomic E-state index is 0.281. The lowest BCUT2D eigenvalue weighted by Gasteiger charge is -2.12. The van der Waals surface area contributed by atoms with Gasteiger partial charge in [-0.25, -0.2) is 9.18 Å². The van der Waals surface area contributed by atoms with Crippen LogP contribution in [0.4, 0.5) is 4.39 Å². The highest BCUT2D eigenvalue weighted by Gasteiger charge is 2.11. The van der Waals surface area contributed by atoms with Gasteiger partial charge in [0, 0.05) is 29.0 Å². The number of benzene rings is 1. The first-order chi connectivity index (χ1) is 9.36. The molecular formula is C14H11BrFNO3. The summed E-state index contributed by atoms with van der Waals surface area (Å²) < 4.78 is 15.5. The molecule has 0 fully saturated rings. The van der Waals surface area contributed by atoms with Crippen molar-refractivity contribution in [1.82, 2.24) is 4.57 Å². The van der Waals surface area contributed by atoms with Crippen LogP contribution in [0.15, 0.2) is 39.7 Å². The normalized spacial score (nSPS) is 10.6. The van der Waals surface area contributed by atoms with Crippen LogP contribution in [0.3, 0.4) is 0 Å². The van der Waals surface area contributed by atoms with Gasteiger partial charge in [-0.1, -0.05) is 15.9 Å². The van der Waals surface area contributed by atoms with E-state index in [2.05, 4.69) is 15.9 Å². The Balaban J connectivity index is 2.45. The van der Waals surface area contributed by atoms with E-state index in [0.29, 0.717) is 15.7 Å². The summed E-state index contributed by atoms with van der Waals surface area (Å²) in [5, 5.41) is 8.95. The molecule has 104 valence electrons. The fourth-order valence-corrected chi connectivity index (χ4v) is 2.41. The molecule has 1 N–H and O–H groups in total. The molecule has 0 radical (unpaired) electrons. The molecule has 1 aromatic heterocycles. The zero-order valence-corrected chi connectivity index (χ0v) is 12.1. The second-order valence-electron chi connectivity index (χ2n) is 4.40. The Labute approximate surface area is 122 Å². The average Bonchev–Trinajstić information content (AvgIpc) is 2.30. The van der Waals surface area contributed by atoms with Gasteiger partial charge in [0.15, 0.2) is 5.43 Å². The van der Waals surface area contributed by atoms with Crippen LogP contribution in [0.25, 0.3) is 0 Å². The largest absolute Gasteiger partial charge is 0.477 e. The molecule has 0 bridgehead atoms. The van der Waals surface area contributed by atoms with Gasteiger partial charge in [-0.05, 0) is 30.7 Å². The summed E-state index contributed by atoms with van der Waals surface area (Å²) in [5.74, 6) is -1.66. The molecule has 1 aromatic carbocycles. The maximum Gasteiger partial charge on any atom is 0.341 e. The van der Waals surface area contributed by atoms with Gasteiger partial charge in [0.2, 0.25) is 0 Å². The first kappa shape index (κ1) is 14.5. The molecule has 0 aliphatic heterocycles. The molecule has 6 heteroatoms. The fraction of sp³-hybridized carbons (Fsp3) is 0.143. The molecule has 0 saturated heterocycles. The highest BCUT2D eigenvalue weighted by Crippen LogP contribution is 2.16. The highest BCUT2D eigenvalue weighted by atomic mass is 79.9. The van der Waals surface area contributed by atoms with Crippen LogP contribution in [0, 0.1) is 12.7 Å². The van der Waals surface area contributed by atoms with Crippen molar-refractivity contribution in [3.05, 3.63) is 67.8 Å². The van der Waals surface area contributed by atoms with Crippen molar-refractivity contribution < 1.29 is 14.3 Å². The third kappa shape index (κ3) is 3.14. The Kier molecular flexibility index (Phi) is 4.04. The number of carbonyl (C=O) groups is 1. The van der Waals surface area contributed by atoms with Crippen molar-refractivity contribution in [3.8, 4) is 0 Å². The number of carboxylic acid groups (broad SMARTS) is 1. The van der Waals surface area contributed by atoms with Crippen LogP contribution in [0.1, 0.15) is 21.6 Å². The Bertz CT molecular complexity index is 719. The van der Waals surface area contributed by atoms with E-state index >= 15 is 0 Å². The van der Waals surface area contributed by atoms with Crippen molar-refractivity contribution in [3.63, 3.8) is 0 Å². The van der Waals surface area contributed by atoms with Crippen LogP contribution in [-0.4, -0.2) is 15.6 Å². The van der Waals surface area contributed by atoms with E-state index in [1.807, 2.05) is 0 Å². The number of halogens is 2. The SMILES string of the molecule is Cc1cc(=O)c(C(=O)O)cn1Cc1cc(F)cc(Br)c1. The molecule has 20 heavy (non-hydrogen) atoms. The predicted octanol–water partition coefficient (Wildman–Crippen LogP) is 2.80. The lowest BCUT2D eigenvalue weighted by molar-refractivity contribution is 0.0694. The second-order valence-corrected chi connectivity index (χ2v) is 5.32. The van der Waals surface area contributed by atoms with Gasteiger partial charge >= 0.3 is 5.97 Å². The third-order valence-electron chi connectivity index (χ3n) is 2.85. The van der Waals surface area contributed by atoms with Gasteiger partial charge in [0.05, 0.1) is 0 Å². The van der Waals surface area contributed by atoms with Gasteiger partial charge in [-0.2, -0.15) is 0 Å². The van der Waals surface area contributed by atoms with Crippen LogP contribution < -0.4 is 5.43 Å². The summed E-state index contributed by atoms with van der Waals surface area (Å²) in [6, 6.07) is 5.70. The average molecular weight is 340 g/mol. The van der Waals surface area contributed by atoms with Crippen LogP contribution in [-0.2, 0) is 6.54 Å². The van der Waals surface area contributed by atoms with Crippen LogP contribution in [0.2, 0.25) is 0 Å². The molecule has 1 heterocycles. The molecule has 0 aliphatic carbocycles. The van der Waals surface area contributed by atoms with E-state index in [1.54, 1.807) is 17.6 Å². The summed E-state index contributed by atoms with van der Waals surface area (Å²) >= 11 is 3.20. The number of hydrogen-bond acceptors (Lipinski definition) is 2. The molecule has 0 amide bonds. The summed E-state index contributed by atoms with van der Waals surface area (Å²) in [6.07, 6.45) is 1.28. The van der Waals surface area contributed by atoms with E-state index in [4.69, 9.17) is 5.11 Å². The minimum Gasteiger partial charge on any atom is -0.477 e. The summed E-state index contributed by atoms with van der Waals surface area (Å²) in [6.45, 7) is 1.98. The molecule has 2 aromatic rings. The number of aryl methyl sites for hydroxylation is 1. The maximum atomic E-state index is 13.3. The molecule has 2 rings (SSSR count). The molecule has 0 saturated carbocycles. The second kappa shape index (κ2) is 5.58. The van der Waals surface area contributed by atoms with Gasteiger partial charge < -0.3 is 9.67 Å². The van der Waals surface area contributed by atoms with Crippen molar-refractivity contribution >= 4 is 21.9 Å². The zero-order chi connectivity index (χ0) is 14.9. The predicted molar refractivity (Wildman–Crippen MR) is 75.6 cm³/mol. The molecule has 4 nitrogen and oxygen atoms in total. The van der Waals surface area contributed by atoms with E-state index in [1.165, 1.54) is 24.4 Å². The fourth-order valence-electron chi connectivity index (χ4n) is 1.90. The third-order valence-corrected chi connectivity index (χ3v) is 3.31. The number of pyridine rings is 1. The summed E-state index contributed by atoms with van der Waals surface area (Å²) in [4.78, 5) is 22.5.